The molecule has 4 aliphatic rings. The Labute approximate surface area is 320 Å². The molecule has 7 rings (SSSR count). The highest BCUT2D eigenvalue weighted by molar-refractivity contribution is 6.91. The lowest BCUT2D eigenvalue weighted by atomic mass is 9.82. The Kier molecular flexibility index (Phi) is 10.1. The zero-order valence-electron chi connectivity index (χ0n) is 31.6. The number of methoxy groups -OCH3 is 1. The van der Waals surface area contributed by atoms with Gasteiger partial charge in [-0.1, -0.05) is 49.5 Å². The summed E-state index contributed by atoms with van der Waals surface area (Å²) in [6.07, 6.45) is 0.181. The van der Waals surface area contributed by atoms with Crippen LogP contribution in [-0.4, -0.2) is 85.3 Å². The molecule has 4 heterocycles. The molecule has 290 valence electrons. The molecule has 3 fully saturated rings. The summed E-state index contributed by atoms with van der Waals surface area (Å²) in [4.78, 5) is 69.6. The van der Waals surface area contributed by atoms with Crippen molar-refractivity contribution in [2.45, 2.75) is 88.7 Å². The fourth-order valence-electron chi connectivity index (χ4n) is 9.34. The van der Waals surface area contributed by atoms with Gasteiger partial charge >= 0.3 is 5.97 Å². The van der Waals surface area contributed by atoms with Gasteiger partial charge in [0.1, 0.15) is 5.75 Å². The van der Waals surface area contributed by atoms with Crippen molar-refractivity contribution in [2.24, 2.45) is 5.92 Å². The van der Waals surface area contributed by atoms with E-state index in [1.165, 1.54) is 24.0 Å². The minimum Gasteiger partial charge on any atom is -0.497 e. The van der Waals surface area contributed by atoms with E-state index in [1.807, 2.05) is 31.2 Å². The molecular formula is C40H46N4O10Si. The number of aliphatic hydroxyl groups excluding tert-OH is 1. The van der Waals surface area contributed by atoms with Crippen LogP contribution in [0.15, 0.2) is 66.7 Å². The number of anilines is 2. The number of likely N-dealkylation sites (tertiary alicyclic amines) is 1. The van der Waals surface area contributed by atoms with Crippen LogP contribution in [-0.2, 0) is 40.8 Å². The van der Waals surface area contributed by atoms with Crippen molar-refractivity contribution in [3.63, 3.8) is 0 Å². The van der Waals surface area contributed by atoms with Gasteiger partial charge in [0.2, 0.25) is 11.8 Å². The Hall–Kier alpha value is -5.12. The number of hydrogen-bond acceptors (Lipinski definition) is 10. The maximum absolute atomic E-state index is 15.2. The van der Waals surface area contributed by atoms with E-state index < -0.39 is 42.8 Å². The Morgan fingerprint density at radius 1 is 1.07 bits per heavy atom. The smallest absolute Gasteiger partial charge is 0.304 e. The predicted octanol–water partition coefficient (Wildman–Crippen LogP) is 4.37. The first-order valence-electron chi connectivity index (χ1n) is 18.6. The second-order valence-corrected chi connectivity index (χ2v) is 20.2. The molecule has 55 heavy (non-hydrogen) atoms. The molecule has 0 aromatic heterocycles. The number of nitro groups is 1. The summed E-state index contributed by atoms with van der Waals surface area (Å²) in [6.45, 7) is 8.13. The Morgan fingerprint density at radius 2 is 1.78 bits per heavy atom. The number of non-ortho nitro benzene ring substituents is 1. The SMILES string of the molecule is COc1ccc([Si](C)(C)[C@@H]2[C@@H](CC(=O)N3CCC[C@H]3CO)O[C@]3(C(=O)N(Cc4ccc(N5C(=O)CC5OC(C)=O)cc4)c4ccc([N+](=O)[O-])cc43)[C@H]2C)cc1. The van der Waals surface area contributed by atoms with Crippen LogP contribution >= 0.6 is 0 Å². The molecule has 0 aliphatic carbocycles. The summed E-state index contributed by atoms with van der Waals surface area (Å²) in [5.41, 5.74) is 0.0443. The maximum Gasteiger partial charge on any atom is 0.304 e. The molecule has 0 bridgehead atoms. The fraction of sp³-hybridized carbons (Fsp3) is 0.450. The molecule has 14 nitrogen and oxygen atoms in total. The number of hydrogen-bond donors (Lipinski definition) is 1. The number of nitrogens with zero attached hydrogens (tertiary/aromatic N) is 4. The van der Waals surface area contributed by atoms with E-state index in [-0.39, 0.29) is 61.0 Å². The van der Waals surface area contributed by atoms with Gasteiger partial charge in [0, 0.05) is 42.8 Å². The molecule has 1 N–H and O–H groups in total. The Bertz CT molecular complexity index is 2020. The van der Waals surface area contributed by atoms with Crippen molar-refractivity contribution in [1.82, 2.24) is 4.90 Å². The van der Waals surface area contributed by atoms with Gasteiger partial charge in [-0.05, 0) is 54.3 Å². The van der Waals surface area contributed by atoms with Crippen LogP contribution < -0.4 is 19.7 Å². The van der Waals surface area contributed by atoms with Crippen LogP contribution in [0.5, 0.6) is 5.75 Å². The summed E-state index contributed by atoms with van der Waals surface area (Å²) < 4.78 is 17.7. The van der Waals surface area contributed by atoms with Crippen LogP contribution in [0.25, 0.3) is 0 Å². The summed E-state index contributed by atoms with van der Waals surface area (Å²) in [7, 11) is -1.02. The van der Waals surface area contributed by atoms with Crippen molar-refractivity contribution in [3.8, 4) is 5.75 Å². The van der Waals surface area contributed by atoms with E-state index in [9.17, 15) is 29.6 Å². The summed E-state index contributed by atoms with van der Waals surface area (Å²) >= 11 is 0. The second-order valence-electron chi connectivity index (χ2n) is 15.5. The average molecular weight is 771 g/mol. The van der Waals surface area contributed by atoms with E-state index in [4.69, 9.17) is 14.2 Å². The van der Waals surface area contributed by atoms with Crippen LogP contribution in [0.1, 0.15) is 50.7 Å². The number of carbonyl (C=O) groups excluding carboxylic acids is 4. The highest BCUT2D eigenvalue weighted by Gasteiger charge is 2.67. The van der Waals surface area contributed by atoms with Crippen LogP contribution in [0.2, 0.25) is 18.6 Å². The van der Waals surface area contributed by atoms with Crippen LogP contribution in [0.4, 0.5) is 17.1 Å². The number of fused-ring (bicyclic) bond motifs is 2. The van der Waals surface area contributed by atoms with Crippen LogP contribution in [0.3, 0.4) is 0 Å². The average Bonchev–Trinajstić information content (AvgIpc) is 3.82. The first kappa shape index (κ1) is 38.2. The number of esters is 1. The fourth-order valence-corrected chi connectivity index (χ4v) is 13.4. The topological polar surface area (TPSA) is 169 Å². The lowest BCUT2D eigenvalue weighted by Crippen LogP contribution is -2.54. The molecule has 4 aliphatic heterocycles. The van der Waals surface area contributed by atoms with Gasteiger partial charge < -0.3 is 29.1 Å². The van der Waals surface area contributed by atoms with Gasteiger partial charge in [-0.3, -0.25) is 34.2 Å². The van der Waals surface area contributed by atoms with Crippen molar-refractivity contribution in [3.05, 3.63) is 88.0 Å². The Balaban J connectivity index is 1.27. The quantitative estimate of drug-likeness (QED) is 0.0972. The first-order chi connectivity index (χ1) is 26.2. The van der Waals surface area contributed by atoms with Gasteiger partial charge in [-0.15, -0.1) is 0 Å². The number of rotatable bonds is 11. The Morgan fingerprint density at radius 3 is 2.40 bits per heavy atom. The van der Waals surface area contributed by atoms with Crippen molar-refractivity contribution < 1.29 is 43.4 Å². The number of β-lactam (4-membered cyclic amide) rings is 1. The van der Waals surface area contributed by atoms with Gasteiger partial charge in [-0.2, -0.15) is 0 Å². The highest BCUT2D eigenvalue weighted by Crippen LogP contribution is 2.60. The molecule has 0 saturated carbocycles. The molecule has 0 radical (unpaired) electrons. The van der Waals surface area contributed by atoms with Crippen LogP contribution in [0, 0.1) is 16.0 Å². The zero-order chi connectivity index (χ0) is 39.4. The minimum atomic E-state index is -2.62. The van der Waals surface area contributed by atoms with Gasteiger partial charge in [-0.25, -0.2) is 0 Å². The van der Waals surface area contributed by atoms with E-state index in [0.717, 1.165) is 17.2 Å². The predicted molar refractivity (Wildman–Crippen MR) is 204 cm³/mol. The standard InChI is InChI=1S/C40H46N4O10Si/c1-24-38(55(4,5)31-15-13-30(52-3)14-16-31)34(20-35(47)41-18-6-7-29(41)23-45)54-40(24)32-19-28(44(50)51)12-17-33(32)42(39(40)49)22-26-8-10-27(11-9-26)43-36(48)21-37(43)53-25(2)46/h8-17,19,24,29,34,37-38,45H,6-7,18,20-23H2,1-5H3/t24-,29-,34+,37?,38-,40+/m0/s1. The third kappa shape index (κ3) is 6.47. The van der Waals surface area contributed by atoms with Gasteiger partial charge in [0.25, 0.3) is 11.6 Å². The molecule has 3 aromatic rings. The van der Waals surface area contributed by atoms with Crippen molar-refractivity contribution in [1.29, 1.82) is 0 Å². The van der Waals surface area contributed by atoms with Gasteiger partial charge in [0.05, 0.1) is 63.9 Å². The lowest BCUT2D eigenvalue weighted by Gasteiger charge is -2.39. The number of carbonyl (C=O) groups is 4. The van der Waals surface area contributed by atoms with Crippen molar-refractivity contribution in [2.75, 3.05) is 30.1 Å². The summed E-state index contributed by atoms with van der Waals surface area (Å²) in [5, 5.41) is 23.3. The molecule has 1 spiro atoms. The lowest BCUT2D eigenvalue weighted by molar-refractivity contribution is -0.385. The molecule has 6 atom stereocenters. The molecular weight excluding hydrogens is 725 g/mol. The number of amides is 3. The largest absolute Gasteiger partial charge is 0.497 e. The van der Waals surface area contributed by atoms with Crippen molar-refractivity contribution >= 4 is 54.0 Å². The van der Waals surface area contributed by atoms with Gasteiger partial charge in [0.15, 0.2) is 11.8 Å². The monoisotopic (exact) mass is 770 g/mol. The summed E-state index contributed by atoms with van der Waals surface area (Å²) in [6, 6.07) is 19.0. The highest BCUT2D eigenvalue weighted by atomic mass is 28.3. The number of benzene rings is 3. The van der Waals surface area contributed by atoms with E-state index in [1.54, 1.807) is 47.2 Å². The number of nitro benzene ring substituents is 1. The van der Waals surface area contributed by atoms with E-state index >= 15 is 4.79 Å². The third-order valence-corrected chi connectivity index (χ3v) is 16.4. The third-order valence-electron chi connectivity index (χ3n) is 12.1. The minimum absolute atomic E-state index is 0.0115. The second kappa shape index (κ2) is 14.5. The zero-order valence-corrected chi connectivity index (χ0v) is 32.6. The molecule has 3 saturated heterocycles. The maximum atomic E-state index is 15.2. The number of ether oxygens (including phenoxy) is 3. The first-order valence-corrected chi connectivity index (χ1v) is 21.7. The van der Waals surface area contributed by atoms with E-state index in [0.29, 0.717) is 35.7 Å². The number of aliphatic hydroxyl groups is 1. The molecule has 15 heteroatoms. The summed E-state index contributed by atoms with van der Waals surface area (Å²) in [5.74, 6) is -1.00. The molecule has 3 amide bonds. The molecule has 1 unspecified atom stereocenters. The van der Waals surface area contributed by atoms with E-state index in [2.05, 4.69) is 13.1 Å². The molecule has 3 aromatic carbocycles. The normalized spacial score (nSPS) is 26.0.